The van der Waals surface area contributed by atoms with Crippen LogP contribution >= 0.6 is 0 Å². The Kier molecular flexibility index (Phi) is 7.51. The summed E-state index contributed by atoms with van der Waals surface area (Å²) < 4.78 is 0. The molecule has 0 heterocycles. The maximum absolute atomic E-state index is 5.94. The van der Waals surface area contributed by atoms with Gasteiger partial charge >= 0.3 is 0 Å². The van der Waals surface area contributed by atoms with E-state index in [0.29, 0.717) is 6.04 Å². The molecule has 0 bridgehead atoms. The second kappa shape index (κ2) is 7.56. The summed E-state index contributed by atoms with van der Waals surface area (Å²) in [6, 6.07) is 0.416. The lowest BCUT2D eigenvalue weighted by Gasteiger charge is -2.14. The Labute approximate surface area is 77.1 Å². The van der Waals surface area contributed by atoms with Crippen LogP contribution in [0, 0.1) is 0 Å². The van der Waals surface area contributed by atoms with Gasteiger partial charge < -0.3 is 10.6 Å². The van der Waals surface area contributed by atoms with Crippen LogP contribution < -0.4 is 5.73 Å². The molecule has 0 radical (unpaired) electrons. The molecule has 0 aliphatic rings. The van der Waals surface area contributed by atoms with E-state index < -0.39 is 0 Å². The molecule has 0 saturated heterocycles. The van der Waals surface area contributed by atoms with Crippen LogP contribution in [0.15, 0.2) is 0 Å². The molecule has 1 atom stereocenters. The first-order valence-corrected chi connectivity index (χ1v) is 5.07. The molecule has 0 aliphatic carbocycles. The second-order valence-electron chi connectivity index (χ2n) is 3.85. The average Bonchev–Trinajstić information content (AvgIpc) is 2.01. The minimum atomic E-state index is 0.416. The zero-order chi connectivity index (χ0) is 9.40. The summed E-state index contributed by atoms with van der Waals surface area (Å²) in [5, 5.41) is 0. The smallest absolute Gasteiger partial charge is 0.00509 e. The van der Waals surface area contributed by atoms with E-state index in [1.54, 1.807) is 0 Å². The van der Waals surface area contributed by atoms with E-state index in [2.05, 4.69) is 25.9 Å². The molecular formula is C10H24N2. The second-order valence-corrected chi connectivity index (χ2v) is 3.85. The summed E-state index contributed by atoms with van der Waals surface area (Å²) in [6.07, 6.45) is 6.25. The molecule has 0 rings (SSSR count). The summed E-state index contributed by atoms with van der Waals surface area (Å²) >= 11 is 0. The van der Waals surface area contributed by atoms with Gasteiger partial charge in [-0.3, -0.25) is 0 Å². The SMILES string of the molecule is CCCCCC(N)CCN(C)C. The number of unbranched alkanes of at least 4 members (excludes halogenated alkanes) is 2. The quantitative estimate of drug-likeness (QED) is 0.594. The normalized spacial score (nSPS) is 13.8. The first-order valence-electron chi connectivity index (χ1n) is 5.07. The number of nitrogens with zero attached hydrogens (tertiary/aromatic N) is 1. The van der Waals surface area contributed by atoms with Crippen molar-refractivity contribution in [3.05, 3.63) is 0 Å². The highest BCUT2D eigenvalue weighted by molar-refractivity contribution is 4.62. The average molecular weight is 172 g/mol. The molecule has 1 unspecified atom stereocenters. The molecule has 2 heteroatoms. The predicted molar refractivity (Wildman–Crippen MR) is 55.3 cm³/mol. The minimum absolute atomic E-state index is 0.416. The van der Waals surface area contributed by atoms with E-state index in [9.17, 15) is 0 Å². The van der Waals surface area contributed by atoms with Crippen LogP contribution in [0.2, 0.25) is 0 Å². The summed E-state index contributed by atoms with van der Waals surface area (Å²) in [4.78, 5) is 2.19. The Morgan fingerprint density at radius 3 is 2.33 bits per heavy atom. The van der Waals surface area contributed by atoms with Gasteiger partial charge in [0, 0.05) is 6.04 Å². The van der Waals surface area contributed by atoms with E-state index in [4.69, 9.17) is 5.73 Å². The van der Waals surface area contributed by atoms with Gasteiger partial charge in [0.05, 0.1) is 0 Å². The van der Waals surface area contributed by atoms with Crippen LogP contribution in [0.4, 0.5) is 0 Å². The highest BCUT2D eigenvalue weighted by atomic mass is 15.0. The molecule has 2 nitrogen and oxygen atoms in total. The number of nitrogens with two attached hydrogens (primary N) is 1. The third-order valence-corrected chi connectivity index (χ3v) is 2.13. The zero-order valence-corrected chi connectivity index (χ0v) is 8.84. The van der Waals surface area contributed by atoms with Gasteiger partial charge in [-0.05, 0) is 33.5 Å². The number of rotatable bonds is 7. The van der Waals surface area contributed by atoms with Gasteiger partial charge in [0.15, 0.2) is 0 Å². The predicted octanol–water partition coefficient (Wildman–Crippen LogP) is 1.85. The van der Waals surface area contributed by atoms with Crippen molar-refractivity contribution in [2.75, 3.05) is 20.6 Å². The van der Waals surface area contributed by atoms with Crippen LogP contribution in [-0.2, 0) is 0 Å². The molecule has 0 aromatic carbocycles. The van der Waals surface area contributed by atoms with E-state index in [1.807, 2.05) is 0 Å². The van der Waals surface area contributed by atoms with Gasteiger partial charge in [-0.2, -0.15) is 0 Å². The molecule has 2 N–H and O–H groups in total. The largest absolute Gasteiger partial charge is 0.328 e. The van der Waals surface area contributed by atoms with Gasteiger partial charge in [0.25, 0.3) is 0 Å². The third-order valence-electron chi connectivity index (χ3n) is 2.13. The lowest BCUT2D eigenvalue weighted by molar-refractivity contribution is 0.371. The van der Waals surface area contributed by atoms with Gasteiger partial charge in [-0.1, -0.05) is 26.2 Å². The van der Waals surface area contributed by atoms with Crippen molar-refractivity contribution in [1.29, 1.82) is 0 Å². The molecular weight excluding hydrogens is 148 g/mol. The zero-order valence-electron chi connectivity index (χ0n) is 8.84. The van der Waals surface area contributed by atoms with E-state index in [0.717, 1.165) is 13.0 Å². The topological polar surface area (TPSA) is 29.3 Å². The molecule has 0 aromatic rings. The summed E-state index contributed by atoms with van der Waals surface area (Å²) in [5.41, 5.74) is 5.94. The molecule has 74 valence electrons. The van der Waals surface area contributed by atoms with Gasteiger partial charge in [-0.25, -0.2) is 0 Å². The maximum atomic E-state index is 5.94. The fourth-order valence-corrected chi connectivity index (χ4v) is 1.22. The van der Waals surface area contributed by atoms with E-state index in [-0.39, 0.29) is 0 Å². The number of hydrogen-bond donors (Lipinski definition) is 1. The van der Waals surface area contributed by atoms with Crippen molar-refractivity contribution < 1.29 is 0 Å². The van der Waals surface area contributed by atoms with Crippen molar-refractivity contribution in [3.63, 3.8) is 0 Å². The molecule has 0 saturated carbocycles. The molecule has 0 spiro atoms. The lowest BCUT2D eigenvalue weighted by atomic mass is 10.1. The van der Waals surface area contributed by atoms with E-state index in [1.165, 1.54) is 25.7 Å². The lowest BCUT2D eigenvalue weighted by Crippen LogP contribution is -2.26. The number of hydrogen-bond acceptors (Lipinski definition) is 2. The van der Waals surface area contributed by atoms with Crippen molar-refractivity contribution in [2.24, 2.45) is 5.73 Å². The summed E-state index contributed by atoms with van der Waals surface area (Å²) in [5.74, 6) is 0. The van der Waals surface area contributed by atoms with Crippen molar-refractivity contribution >= 4 is 0 Å². The standard InChI is InChI=1S/C10H24N2/c1-4-5-6-7-10(11)8-9-12(2)3/h10H,4-9,11H2,1-3H3. The first kappa shape index (κ1) is 11.9. The van der Waals surface area contributed by atoms with Crippen molar-refractivity contribution in [1.82, 2.24) is 4.90 Å². The van der Waals surface area contributed by atoms with Crippen LogP contribution in [0.3, 0.4) is 0 Å². The molecule has 0 aliphatic heterocycles. The van der Waals surface area contributed by atoms with E-state index >= 15 is 0 Å². The van der Waals surface area contributed by atoms with Crippen LogP contribution in [0.5, 0.6) is 0 Å². The molecule has 0 aromatic heterocycles. The summed E-state index contributed by atoms with van der Waals surface area (Å²) in [6.45, 7) is 3.35. The minimum Gasteiger partial charge on any atom is -0.328 e. The Morgan fingerprint density at radius 1 is 1.17 bits per heavy atom. The van der Waals surface area contributed by atoms with Gasteiger partial charge in [-0.15, -0.1) is 0 Å². The van der Waals surface area contributed by atoms with Gasteiger partial charge in [0.2, 0.25) is 0 Å². The molecule has 12 heavy (non-hydrogen) atoms. The van der Waals surface area contributed by atoms with Crippen molar-refractivity contribution in [3.8, 4) is 0 Å². The first-order chi connectivity index (χ1) is 5.66. The molecule has 0 amide bonds. The third kappa shape index (κ3) is 8.02. The Morgan fingerprint density at radius 2 is 1.83 bits per heavy atom. The van der Waals surface area contributed by atoms with Gasteiger partial charge in [0.1, 0.15) is 0 Å². The van der Waals surface area contributed by atoms with Crippen molar-refractivity contribution in [2.45, 2.75) is 45.1 Å². The monoisotopic (exact) mass is 172 g/mol. The maximum Gasteiger partial charge on any atom is 0.00509 e. The highest BCUT2D eigenvalue weighted by Crippen LogP contribution is 2.04. The van der Waals surface area contributed by atoms with Crippen LogP contribution in [0.1, 0.15) is 39.0 Å². The Bertz CT molecular complexity index is 91.8. The van der Waals surface area contributed by atoms with Crippen LogP contribution in [-0.4, -0.2) is 31.6 Å². The fraction of sp³-hybridized carbons (Fsp3) is 1.00. The van der Waals surface area contributed by atoms with Crippen LogP contribution in [0.25, 0.3) is 0 Å². The molecule has 0 fully saturated rings. The Balaban J connectivity index is 3.15. The highest BCUT2D eigenvalue weighted by Gasteiger charge is 2.01. The Hall–Kier alpha value is -0.0800. The fourth-order valence-electron chi connectivity index (χ4n) is 1.22. The summed E-state index contributed by atoms with van der Waals surface area (Å²) in [7, 11) is 4.19.